The maximum Gasteiger partial charge on any atom is 0.0162 e. The third kappa shape index (κ3) is 2.31. The van der Waals surface area contributed by atoms with Crippen molar-refractivity contribution in [1.82, 2.24) is 0 Å². The van der Waals surface area contributed by atoms with E-state index in [9.17, 15) is 0 Å². The Bertz CT molecular complexity index is 203. The summed E-state index contributed by atoms with van der Waals surface area (Å²) in [4.78, 5) is 0. The van der Waals surface area contributed by atoms with Crippen LogP contribution in [-0.4, -0.2) is 5.54 Å². The topological polar surface area (TPSA) is 26.0 Å². The first-order valence-electron chi connectivity index (χ1n) is 6.28. The molecule has 1 atom stereocenters. The van der Waals surface area contributed by atoms with Crippen molar-refractivity contribution >= 4 is 0 Å². The minimum absolute atomic E-state index is 0.193. The zero-order valence-electron chi connectivity index (χ0n) is 9.81. The smallest absolute Gasteiger partial charge is 0.0162 e. The van der Waals surface area contributed by atoms with Gasteiger partial charge in [0.1, 0.15) is 0 Å². The monoisotopic (exact) mass is 195 g/mol. The van der Waals surface area contributed by atoms with Gasteiger partial charge in [-0.2, -0.15) is 0 Å². The molecule has 0 aromatic heterocycles. The van der Waals surface area contributed by atoms with E-state index in [1.807, 2.05) is 0 Å². The Hall–Kier alpha value is -0.0400. The van der Waals surface area contributed by atoms with E-state index in [4.69, 9.17) is 5.73 Å². The summed E-state index contributed by atoms with van der Waals surface area (Å²) in [6, 6.07) is 0. The van der Waals surface area contributed by atoms with E-state index in [1.165, 1.54) is 51.4 Å². The fourth-order valence-corrected chi connectivity index (χ4v) is 3.68. The molecule has 0 radical (unpaired) electrons. The lowest BCUT2D eigenvalue weighted by Crippen LogP contribution is -2.39. The molecule has 0 spiro atoms. The molecule has 0 saturated heterocycles. The van der Waals surface area contributed by atoms with Gasteiger partial charge in [-0.25, -0.2) is 0 Å². The second-order valence-corrected chi connectivity index (χ2v) is 6.56. The summed E-state index contributed by atoms with van der Waals surface area (Å²) < 4.78 is 0. The third-order valence-electron chi connectivity index (χ3n) is 4.30. The van der Waals surface area contributed by atoms with Crippen LogP contribution in [0.1, 0.15) is 65.2 Å². The van der Waals surface area contributed by atoms with Crippen LogP contribution in [0.2, 0.25) is 0 Å². The van der Waals surface area contributed by atoms with Gasteiger partial charge in [0.2, 0.25) is 0 Å². The van der Waals surface area contributed by atoms with Gasteiger partial charge in [-0.1, -0.05) is 39.5 Å². The van der Waals surface area contributed by atoms with Crippen LogP contribution < -0.4 is 5.73 Å². The van der Waals surface area contributed by atoms with Crippen LogP contribution in [0.15, 0.2) is 0 Å². The fraction of sp³-hybridized carbons (Fsp3) is 1.00. The molecule has 82 valence electrons. The van der Waals surface area contributed by atoms with Crippen LogP contribution in [-0.2, 0) is 0 Å². The van der Waals surface area contributed by atoms with Gasteiger partial charge in [-0.05, 0) is 37.0 Å². The van der Waals surface area contributed by atoms with Crippen molar-refractivity contribution < 1.29 is 0 Å². The first-order valence-corrected chi connectivity index (χ1v) is 6.28. The minimum Gasteiger partial charge on any atom is -0.325 e. The number of rotatable bonds is 2. The predicted octanol–water partition coefficient (Wildman–Crippen LogP) is 3.47. The second kappa shape index (κ2) is 3.52. The molecule has 2 saturated carbocycles. The SMILES string of the molecule is CC1(C)CCC(N)(CC2CCCC2)C1. The summed E-state index contributed by atoms with van der Waals surface area (Å²) in [5.41, 5.74) is 7.21. The van der Waals surface area contributed by atoms with E-state index in [-0.39, 0.29) is 5.54 Å². The maximum atomic E-state index is 6.51. The van der Waals surface area contributed by atoms with E-state index in [1.54, 1.807) is 0 Å². The maximum absolute atomic E-state index is 6.51. The Labute approximate surface area is 88.4 Å². The van der Waals surface area contributed by atoms with Gasteiger partial charge in [0.15, 0.2) is 0 Å². The lowest BCUT2D eigenvalue weighted by atomic mass is 9.82. The lowest BCUT2D eigenvalue weighted by molar-refractivity contribution is 0.285. The van der Waals surface area contributed by atoms with Gasteiger partial charge >= 0.3 is 0 Å². The molecule has 2 aliphatic rings. The molecule has 0 heterocycles. The Morgan fingerprint density at radius 3 is 2.29 bits per heavy atom. The molecular formula is C13H25N. The first kappa shape index (κ1) is 10.5. The van der Waals surface area contributed by atoms with Crippen molar-refractivity contribution in [2.24, 2.45) is 17.1 Å². The standard InChI is InChI=1S/C13H25N/c1-12(2)7-8-13(14,10-12)9-11-5-3-4-6-11/h11H,3-10,14H2,1-2H3. The summed E-state index contributed by atoms with van der Waals surface area (Å²) in [5.74, 6) is 0.953. The average molecular weight is 195 g/mol. The molecule has 2 aliphatic carbocycles. The normalized spacial score (nSPS) is 37.9. The lowest BCUT2D eigenvalue weighted by Gasteiger charge is -2.29. The van der Waals surface area contributed by atoms with Crippen molar-refractivity contribution in [3.05, 3.63) is 0 Å². The van der Waals surface area contributed by atoms with Crippen molar-refractivity contribution in [3.8, 4) is 0 Å². The number of nitrogens with two attached hydrogens (primary N) is 1. The molecule has 2 fully saturated rings. The second-order valence-electron chi connectivity index (χ2n) is 6.56. The van der Waals surface area contributed by atoms with Crippen molar-refractivity contribution in [2.75, 3.05) is 0 Å². The highest BCUT2D eigenvalue weighted by Gasteiger charge is 2.41. The van der Waals surface area contributed by atoms with Crippen LogP contribution in [0.5, 0.6) is 0 Å². The quantitative estimate of drug-likeness (QED) is 0.717. The molecule has 0 bridgehead atoms. The highest BCUT2D eigenvalue weighted by molar-refractivity contribution is 4.98. The molecule has 14 heavy (non-hydrogen) atoms. The molecule has 1 heteroatoms. The van der Waals surface area contributed by atoms with Crippen molar-refractivity contribution in [2.45, 2.75) is 70.8 Å². The van der Waals surface area contributed by atoms with E-state index >= 15 is 0 Å². The Kier molecular flexibility index (Phi) is 2.63. The van der Waals surface area contributed by atoms with Crippen LogP contribution in [0, 0.1) is 11.3 Å². The Morgan fingerprint density at radius 2 is 1.79 bits per heavy atom. The minimum atomic E-state index is 0.193. The third-order valence-corrected chi connectivity index (χ3v) is 4.30. The molecule has 0 aromatic rings. The predicted molar refractivity (Wildman–Crippen MR) is 61.1 cm³/mol. The van der Waals surface area contributed by atoms with E-state index < -0.39 is 0 Å². The molecule has 2 N–H and O–H groups in total. The fourth-order valence-electron chi connectivity index (χ4n) is 3.68. The van der Waals surface area contributed by atoms with Gasteiger partial charge in [-0.15, -0.1) is 0 Å². The van der Waals surface area contributed by atoms with E-state index in [0.717, 1.165) is 5.92 Å². The van der Waals surface area contributed by atoms with Crippen molar-refractivity contribution in [3.63, 3.8) is 0 Å². The van der Waals surface area contributed by atoms with Crippen molar-refractivity contribution in [1.29, 1.82) is 0 Å². The first-order chi connectivity index (χ1) is 6.49. The highest BCUT2D eigenvalue weighted by Crippen LogP contribution is 2.46. The summed E-state index contributed by atoms with van der Waals surface area (Å²) in [6.07, 6.45) is 10.9. The molecule has 2 rings (SSSR count). The van der Waals surface area contributed by atoms with E-state index in [0.29, 0.717) is 5.41 Å². The largest absolute Gasteiger partial charge is 0.325 e. The Balaban J connectivity index is 1.90. The molecular weight excluding hydrogens is 170 g/mol. The summed E-state index contributed by atoms with van der Waals surface area (Å²) in [5, 5.41) is 0. The average Bonchev–Trinajstić information content (AvgIpc) is 2.60. The van der Waals surface area contributed by atoms with Crippen LogP contribution in [0.4, 0.5) is 0 Å². The van der Waals surface area contributed by atoms with Crippen LogP contribution in [0.25, 0.3) is 0 Å². The van der Waals surface area contributed by atoms with Gasteiger partial charge in [0, 0.05) is 5.54 Å². The van der Waals surface area contributed by atoms with Gasteiger partial charge < -0.3 is 5.73 Å². The van der Waals surface area contributed by atoms with Crippen LogP contribution >= 0.6 is 0 Å². The van der Waals surface area contributed by atoms with Gasteiger partial charge in [-0.3, -0.25) is 0 Å². The molecule has 0 amide bonds. The summed E-state index contributed by atoms with van der Waals surface area (Å²) in [7, 11) is 0. The molecule has 1 unspecified atom stereocenters. The van der Waals surface area contributed by atoms with E-state index in [2.05, 4.69) is 13.8 Å². The number of hydrogen-bond acceptors (Lipinski definition) is 1. The zero-order valence-corrected chi connectivity index (χ0v) is 9.81. The molecule has 0 aliphatic heterocycles. The number of hydrogen-bond donors (Lipinski definition) is 1. The summed E-state index contributed by atoms with van der Waals surface area (Å²) in [6.45, 7) is 4.74. The van der Waals surface area contributed by atoms with Gasteiger partial charge in [0.05, 0.1) is 0 Å². The van der Waals surface area contributed by atoms with Gasteiger partial charge in [0.25, 0.3) is 0 Å². The zero-order chi connectivity index (χ0) is 10.2. The highest BCUT2D eigenvalue weighted by atomic mass is 14.8. The Morgan fingerprint density at radius 1 is 1.14 bits per heavy atom. The molecule has 0 aromatic carbocycles. The van der Waals surface area contributed by atoms with Crippen LogP contribution in [0.3, 0.4) is 0 Å². The summed E-state index contributed by atoms with van der Waals surface area (Å²) >= 11 is 0. The molecule has 1 nitrogen and oxygen atoms in total.